The van der Waals surface area contributed by atoms with E-state index in [9.17, 15) is 14.9 Å². The fourth-order valence-corrected chi connectivity index (χ4v) is 2.56. The molecule has 0 aliphatic carbocycles. The van der Waals surface area contributed by atoms with Gasteiger partial charge in [-0.05, 0) is 46.1 Å². The van der Waals surface area contributed by atoms with Gasteiger partial charge in [0, 0.05) is 28.0 Å². The number of non-ortho nitro benzene ring substituents is 1. The van der Waals surface area contributed by atoms with Gasteiger partial charge >= 0.3 is 0 Å². The molecule has 0 radical (unpaired) electrons. The van der Waals surface area contributed by atoms with Crippen molar-refractivity contribution in [2.75, 3.05) is 5.32 Å². The first-order valence-electron chi connectivity index (χ1n) is 6.44. The van der Waals surface area contributed by atoms with Crippen LogP contribution in [0.2, 0.25) is 5.02 Å². The molecule has 2 aromatic carbocycles. The van der Waals surface area contributed by atoms with Gasteiger partial charge in [-0.1, -0.05) is 23.7 Å². The number of hydrogen-bond donors (Lipinski definition) is 1. The maximum Gasteiger partial charge on any atom is 0.270 e. The highest BCUT2D eigenvalue weighted by molar-refractivity contribution is 9.10. The number of nitro benzene ring substituents is 1. The van der Waals surface area contributed by atoms with Crippen LogP contribution in [0.3, 0.4) is 0 Å². The molecule has 114 valence electrons. The van der Waals surface area contributed by atoms with Gasteiger partial charge in [0.2, 0.25) is 5.91 Å². The summed E-state index contributed by atoms with van der Waals surface area (Å²) in [6, 6.07) is 11.5. The molecule has 0 heterocycles. The molecule has 0 aliphatic heterocycles. The molecule has 1 N–H and O–H groups in total. The molecule has 0 saturated heterocycles. The lowest BCUT2D eigenvalue weighted by atomic mass is 10.1. The van der Waals surface area contributed by atoms with Crippen molar-refractivity contribution in [3.8, 4) is 0 Å². The lowest BCUT2D eigenvalue weighted by Gasteiger charge is -2.07. The molecular formula is C15H12BrClN2O3. The van der Waals surface area contributed by atoms with Crippen LogP contribution >= 0.6 is 27.5 Å². The third kappa shape index (κ3) is 4.54. The molecule has 0 unspecified atom stereocenters. The van der Waals surface area contributed by atoms with Gasteiger partial charge in [-0.15, -0.1) is 0 Å². The Labute approximate surface area is 140 Å². The Balaban J connectivity index is 1.96. The van der Waals surface area contributed by atoms with Crippen LogP contribution in [0.4, 0.5) is 11.4 Å². The summed E-state index contributed by atoms with van der Waals surface area (Å²) in [6.07, 6.45) is 0.862. The predicted octanol–water partition coefficient (Wildman–Crippen LogP) is 4.58. The van der Waals surface area contributed by atoms with Crippen LogP contribution < -0.4 is 5.32 Å². The summed E-state index contributed by atoms with van der Waals surface area (Å²) < 4.78 is 0.470. The summed E-state index contributed by atoms with van der Waals surface area (Å²) in [5, 5.41) is 14.0. The molecule has 22 heavy (non-hydrogen) atoms. The van der Waals surface area contributed by atoms with E-state index >= 15 is 0 Å². The quantitative estimate of drug-likeness (QED) is 0.606. The number of rotatable bonds is 5. The van der Waals surface area contributed by atoms with Crippen molar-refractivity contribution in [3.63, 3.8) is 0 Å². The van der Waals surface area contributed by atoms with E-state index < -0.39 is 4.92 Å². The largest absolute Gasteiger partial charge is 0.325 e. The average Bonchev–Trinajstić information content (AvgIpc) is 2.47. The Morgan fingerprint density at radius 2 is 2.05 bits per heavy atom. The summed E-state index contributed by atoms with van der Waals surface area (Å²) in [5.74, 6) is -0.172. The van der Waals surface area contributed by atoms with Crippen molar-refractivity contribution >= 4 is 44.8 Å². The van der Waals surface area contributed by atoms with Crippen LogP contribution in [0, 0.1) is 10.1 Å². The first-order valence-corrected chi connectivity index (χ1v) is 7.61. The number of anilines is 1. The summed E-state index contributed by atoms with van der Waals surface area (Å²) in [4.78, 5) is 22.1. The molecule has 2 aromatic rings. The monoisotopic (exact) mass is 382 g/mol. The van der Waals surface area contributed by atoms with Gasteiger partial charge in [0.1, 0.15) is 0 Å². The van der Waals surface area contributed by atoms with Crippen molar-refractivity contribution in [3.05, 3.63) is 67.6 Å². The van der Waals surface area contributed by atoms with E-state index in [4.69, 9.17) is 11.6 Å². The Morgan fingerprint density at radius 3 is 2.68 bits per heavy atom. The van der Waals surface area contributed by atoms with Gasteiger partial charge < -0.3 is 5.32 Å². The molecule has 0 fully saturated rings. The van der Waals surface area contributed by atoms with Gasteiger partial charge in [0.25, 0.3) is 5.69 Å². The summed E-state index contributed by atoms with van der Waals surface area (Å²) in [5.41, 5.74) is 1.44. The van der Waals surface area contributed by atoms with Crippen molar-refractivity contribution in [1.82, 2.24) is 0 Å². The first-order chi connectivity index (χ1) is 10.5. The molecule has 7 heteroatoms. The van der Waals surface area contributed by atoms with Crippen molar-refractivity contribution in [1.29, 1.82) is 0 Å². The maximum absolute atomic E-state index is 11.9. The molecule has 0 aromatic heterocycles. The third-order valence-corrected chi connectivity index (χ3v) is 3.86. The predicted molar refractivity (Wildman–Crippen MR) is 89.2 cm³/mol. The standard InChI is InChI=1S/C15H12BrClN2O3/c16-13-9-12(19(21)22)5-6-14(13)18-15(20)7-4-10-2-1-3-11(17)8-10/h1-3,5-6,8-9H,4,7H2,(H,18,20). The van der Waals surface area contributed by atoms with Crippen LogP contribution in [0.5, 0.6) is 0 Å². The number of carbonyl (C=O) groups excluding carboxylic acids is 1. The van der Waals surface area contributed by atoms with E-state index in [1.54, 1.807) is 6.07 Å². The molecule has 0 bridgehead atoms. The Bertz CT molecular complexity index is 722. The van der Waals surface area contributed by atoms with Crippen LogP contribution in [0.1, 0.15) is 12.0 Å². The number of nitrogens with zero attached hydrogens (tertiary/aromatic N) is 1. The lowest BCUT2D eigenvalue weighted by Crippen LogP contribution is -2.12. The number of nitro groups is 1. The molecular weight excluding hydrogens is 372 g/mol. The lowest BCUT2D eigenvalue weighted by molar-refractivity contribution is -0.384. The molecule has 2 rings (SSSR count). The first kappa shape index (κ1) is 16.5. The molecule has 0 saturated carbocycles. The normalized spacial score (nSPS) is 10.3. The van der Waals surface area contributed by atoms with Crippen LogP contribution in [0.15, 0.2) is 46.9 Å². The zero-order valence-electron chi connectivity index (χ0n) is 11.4. The van der Waals surface area contributed by atoms with E-state index in [-0.39, 0.29) is 11.6 Å². The zero-order valence-corrected chi connectivity index (χ0v) is 13.7. The number of halogens is 2. The molecule has 5 nitrogen and oxygen atoms in total. The van der Waals surface area contributed by atoms with Crippen LogP contribution in [-0.2, 0) is 11.2 Å². The van der Waals surface area contributed by atoms with Crippen LogP contribution in [-0.4, -0.2) is 10.8 Å². The van der Waals surface area contributed by atoms with E-state index in [0.717, 1.165) is 5.56 Å². The smallest absolute Gasteiger partial charge is 0.270 e. The number of aryl methyl sites for hydroxylation is 1. The second kappa shape index (κ2) is 7.38. The highest BCUT2D eigenvalue weighted by atomic mass is 79.9. The van der Waals surface area contributed by atoms with Crippen molar-refractivity contribution < 1.29 is 9.72 Å². The molecule has 0 atom stereocenters. The van der Waals surface area contributed by atoms with Gasteiger partial charge in [0.15, 0.2) is 0 Å². The number of amides is 1. The summed E-state index contributed by atoms with van der Waals surface area (Å²) in [7, 11) is 0. The van der Waals surface area contributed by atoms with E-state index in [1.807, 2.05) is 18.2 Å². The maximum atomic E-state index is 11.9. The fourth-order valence-electron chi connectivity index (χ4n) is 1.88. The van der Waals surface area contributed by atoms with E-state index in [2.05, 4.69) is 21.2 Å². The van der Waals surface area contributed by atoms with Gasteiger partial charge in [-0.3, -0.25) is 14.9 Å². The average molecular weight is 384 g/mol. The Hall–Kier alpha value is -1.92. The van der Waals surface area contributed by atoms with E-state index in [0.29, 0.717) is 28.0 Å². The minimum absolute atomic E-state index is 0.0381. The van der Waals surface area contributed by atoms with Gasteiger partial charge in [0.05, 0.1) is 10.6 Å². The minimum atomic E-state index is -0.491. The van der Waals surface area contributed by atoms with Crippen molar-refractivity contribution in [2.45, 2.75) is 12.8 Å². The number of carbonyl (C=O) groups is 1. The van der Waals surface area contributed by atoms with E-state index in [1.165, 1.54) is 18.2 Å². The Kier molecular flexibility index (Phi) is 5.51. The molecule has 0 spiro atoms. The highest BCUT2D eigenvalue weighted by Gasteiger charge is 2.11. The van der Waals surface area contributed by atoms with Crippen LogP contribution in [0.25, 0.3) is 0 Å². The second-order valence-electron chi connectivity index (χ2n) is 4.60. The minimum Gasteiger partial charge on any atom is -0.325 e. The summed E-state index contributed by atoms with van der Waals surface area (Å²) >= 11 is 9.10. The SMILES string of the molecule is O=C(CCc1cccc(Cl)c1)Nc1ccc([N+](=O)[O-])cc1Br. The second-order valence-corrected chi connectivity index (χ2v) is 5.89. The highest BCUT2D eigenvalue weighted by Crippen LogP contribution is 2.27. The van der Waals surface area contributed by atoms with Gasteiger partial charge in [-0.25, -0.2) is 0 Å². The number of hydrogen-bond acceptors (Lipinski definition) is 3. The fraction of sp³-hybridized carbons (Fsp3) is 0.133. The van der Waals surface area contributed by atoms with Crippen molar-refractivity contribution in [2.24, 2.45) is 0 Å². The van der Waals surface area contributed by atoms with Gasteiger partial charge in [-0.2, -0.15) is 0 Å². The zero-order chi connectivity index (χ0) is 16.1. The third-order valence-electron chi connectivity index (χ3n) is 2.97. The Morgan fingerprint density at radius 1 is 1.27 bits per heavy atom. The summed E-state index contributed by atoms with van der Waals surface area (Å²) in [6.45, 7) is 0. The number of nitrogens with one attached hydrogen (secondary N) is 1. The number of benzene rings is 2. The molecule has 1 amide bonds. The topological polar surface area (TPSA) is 72.2 Å². The molecule has 0 aliphatic rings.